The minimum atomic E-state index is -3.96. The number of anilines is 1. The highest BCUT2D eigenvalue weighted by Crippen LogP contribution is 2.29. The minimum absolute atomic E-state index is 0.0242. The first-order valence-electron chi connectivity index (χ1n) is 9.28. The lowest BCUT2D eigenvalue weighted by Gasteiger charge is -2.14. The van der Waals surface area contributed by atoms with Gasteiger partial charge in [-0.1, -0.05) is 26.8 Å². The number of nitrogens with one attached hydrogen (secondary N) is 2. The molecule has 0 saturated heterocycles. The number of phenolic OH excluding ortho intramolecular Hbond substituents is 1. The van der Waals surface area contributed by atoms with Crippen LogP contribution in [0.4, 0.5) is 5.69 Å². The van der Waals surface area contributed by atoms with Crippen LogP contribution in [-0.2, 0) is 14.9 Å². The van der Waals surface area contributed by atoms with E-state index in [2.05, 4.69) is 33.3 Å². The third-order valence-electron chi connectivity index (χ3n) is 4.75. The van der Waals surface area contributed by atoms with Crippen LogP contribution in [0.1, 0.15) is 32.8 Å². The van der Waals surface area contributed by atoms with Crippen LogP contribution in [0, 0.1) is 23.2 Å². The quantitative estimate of drug-likeness (QED) is 0.629. The molecule has 2 aliphatic heterocycles. The monoisotopic (exact) mass is 417 g/mol. The van der Waals surface area contributed by atoms with Crippen LogP contribution >= 0.6 is 0 Å². The standard InChI is InChI=1S/C19H23N5O4S/c1-4-14(16-8-13(10-28-16)11(2)3)21-18-19(24-29(26,27)23-18)22-15-7-5-6-12(9-20)17(15)25/h5-8,11,13-14,25H,4,10H2,1-3H3,(H,21,23)(H,22,24)/t13?,14-/m1/s1. The lowest BCUT2D eigenvalue weighted by Crippen LogP contribution is -2.32. The van der Waals surface area contributed by atoms with Crippen molar-refractivity contribution in [2.45, 2.75) is 33.2 Å². The van der Waals surface area contributed by atoms with E-state index < -0.39 is 10.2 Å². The minimum Gasteiger partial charge on any atom is -0.504 e. The Balaban J connectivity index is 1.91. The molecule has 154 valence electrons. The van der Waals surface area contributed by atoms with Crippen molar-refractivity contribution in [2.24, 2.45) is 21.2 Å². The first kappa shape index (κ1) is 20.7. The second-order valence-electron chi connectivity index (χ2n) is 7.15. The molecule has 2 heterocycles. The fourth-order valence-electron chi connectivity index (χ4n) is 2.99. The van der Waals surface area contributed by atoms with Gasteiger partial charge < -0.3 is 15.2 Å². The molecule has 0 fully saturated rings. The van der Waals surface area contributed by atoms with E-state index in [1.165, 1.54) is 12.1 Å². The van der Waals surface area contributed by atoms with E-state index in [4.69, 9.17) is 10.00 Å². The second-order valence-corrected chi connectivity index (χ2v) is 8.48. The van der Waals surface area contributed by atoms with Gasteiger partial charge in [-0.3, -0.25) is 4.99 Å². The number of rotatable bonds is 5. The molecule has 0 aromatic heterocycles. The average molecular weight is 417 g/mol. The molecule has 0 spiro atoms. The van der Waals surface area contributed by atoms with Gasteiger partial charge in [0.15, 0.2) is 17.4 Å². The summed E-state index contributed by atoms with van der Waals surface area (Å²) in [5.41, 5.74) is 0.206. The largest absolute Gasteiger partial charge is 0.504 e. The van der Waals surface area contributed by atoms with Crippen LogP contribution in [0.25, 0.3) is 0 Å². The van der Waals surface area contributed by atoms with E-state index in [0.717, 1.165) is 0 Å². The maximum absolute atomic E-state index is 12.0. The Bertz CT molecular complexity index is 1040. The summed E-state index contributed by atoms with van der Waals surface area (Å²) in [4.78, 5) is 4.51. The van der Waals surface area contributed by atoms with E-state index in [-0.39, 0.29) is 40.6 Å². The fraction of sp³-hybridized carbons (Fsp3) is 0.421. The molecule has 0 amide bonds. The number of aromatic hydroxyl groups is 1. The van der Waals surface area contributed by atoms with Crippen LogP contribution in [0.3, 0.4) is 0 Å². The van der Waals surface area contributed by atoms with Gasteiger partial charge in [0.25, 0.3) is 0 Å². The number of para-hydroxylation sites is 1. The molecule has 3 rings (SSSR count). The summed E-state index contributed by atoms with van der Waals surface area (Å²) in [6, 6.07) is 6.01. The van der Waals surface area contributed by atoms with E-state index in [1.54, 1.807) is 6.07 Å². The zero-order chi connectivity index (χ0) is 21.2. The third-order valence-corrected chi connectivity index (χ3v) is 5.62. The molecule has 1 unspecified atom stereocenters. The fourth-order valence-corrected chi connectivity index (χ4v) is 3.80. The molecule has 0 radical (unpaired) electrons. The predicted octanol–water partition coefficient (Wildman–Crippen LogP) is 2.29. The Morgan fingerprint density at radius 2 is 2.24 bits per heavy atom. The maximum atomic E-state index is 12.0. The first-order chi connectivity index (χ1) is 13.7. The average Bonchev–Trinajstić information content (AvgIpc) is 3.26. The van der Waals surface area contributed by atoms with E-state index >= 15 is 0 Å². The summed E-state index contributed by atoms with van der Waals surface area (Å²) in [6.07, 6.45) is 2.64. The molecule has 1 aromatic carbocycles. The van der Waals surface area contributed by atoms with Crippen LogP contribution < -0.4 is 10.0 Å². The van der Waals surface area contributed by atoms with Crippen LogP contribution in [0.5, 0.6) is 5.75 Å². The number of benzene rings is 1. The summed E-state index contributed by atoms with van der Waals surface area (Å²) in [5.74, 6) is 1.09. The van der Waals surface area contributed by atoms with Gasteiger partial charge in [0, 0.05) is 5.92 Å². The Kier molecular flexibility index (Phi) is 5.79. The summed E-state index contributed by atoms with van der Waals surface area (Å²) < 4.78 is 35.7. The molecular formula is C19H23N5O4S. The number of nitrogens with zero attached hydrogens (tertiary/aromatic N) is 3. The molecule has 0 aliphatic carbocycles. The Morgan fingerprint density at radius 3 is 2.86 bits per heavy atom. The lowest BCUT2D eigenvalue weighted by atomic mass is 9.97. The highest BCUT2D eigenvalue weighted by Gasteiger charge is 2.30. The van der Waals surface area contributed by atoms with Crippen molar-refractivity contribution in [3.05, 3.63) is 35.6 Å². The second kappa shape index (κ2) is 8.13. The Hall–Kier alpha value is -3.06. The SMILES string of the molecule is CC[C@@H](N=C1NS(=O)(=O)N=C1Nc1cccc(C#N)c1O)C1=CC(C(C)C)CO1. The van der Waals surface area contributed by atoms with Crippen LogP contribution in [-0.4, -0.2) is 37.8 Å². The molecule has 2 atom stereocenters. The number of hydrogen-bond donors (Lipinski definition) is 3. The molecule has 0 saturated carbocycles. The van der Waals surface area contributed by atoms with Crippen molar-refractivity contribution >= 4 is 27.6 Å². The van der Waals surface area contributed by atoms with Gasteiger partial charge >= 0.3 is 10.2 Å². The van der Waals surface area contributed by atoms with Gasteiger partial charge in [-0.05, 0) is 30.5 Å². The van der Waals surface area contributed by atoms with Crippen molar-refractivity contribution < 1.29 is 18.3 Å². The van der Waals surface area contributed by atoms with Crippen molar-refractivity contribution in [3.8, 4) is 11.8 Å². The molecule has 10 heteroatoms. The zero-order valence-corrected chi connectivity index (χ0v) is 17.2. The van der Waals surface area contributed by atoms with Crippen LogP contribution in [0.2, 0.25) is 0 Å². The molecule has 1 aromatic rings. The van der Waals surface area contributed by atoms with Crippen molar-refractivity contribution in [1.29, 1.82) is 5.26 Å². The smallest absolute Gasteiger partial charge is 0.345 e. The Labute approximate surface area is 170 Å². The van der Waals surface area contributed by atoms with E-state index in [9.17, 15) is 13.5 Å². The molecular weight excluding hydrogens is 394 g/mol. The number of ether oxygens (including phenoxy) is 1. The third kappa shape index (κ3) is 4.51. The molecule has 29 heavy (non-hydrogen) atoms. The topological polar surface area (TPSA) is 136 Å². The molecule has 0 bridgehead atoms. The van der Waals surface area contributed by atoms with Gasteiger partial charge in [-0.2, -0.15) is 13.7 Å². The highest BCUT2D eigenvalue weighted by molar-refractivity contribution is 7.89. The highest BCUT2D eigenvalue weighted by atomic mass is 32.2. The van der Waals surface area contributed by atoms with Crippen molar-refractivity contribution in [3.63, 3.8) is 0 Å². The summed E-state index contributed by atoms with van der Waals surface area (Å²) >= 11 is 0. The number of amidine groups is 2. The number of phenols is 1. The van der Waals surface area contributed by atoms with Crippen molar-refractivity contribution in [1.82, 2.24) is 4.72 Å². The number of nitriles is 1. The Morgan fingerprint density at radius 1 is 1.48 bits per heavy atom. The van der Waals surface area contributed by atoms with E-state index in [1.807, 2.05) is 19.1 Å². The first-order valence-corrected chi connectivity index (χ1v) is 10.7. The zero-order valence-electron chi connectivity index (χ0n) is 16.4. The normalized spacial score (nSPS) is 22.4. The van der Waals surface area contributed by atoms with Gasteiger partial charge in [0.1, 0.15) is 17.9 Å². The van der Waals surface area contributed by atoms with Gasteiger partial charge in [0.2, 0.25) is 0 Å². The summed E-state index contributed by atoms with van der Waals surface area (Å²) in [5, 5.41) is 22.0. The number of hydrogen-bond acceptors (Lipinski definition) is 7. The summed E-state index contributed by atoms with van der Waals surface area (Å²) in [6.45, 7) is 6.73. The molecule has 2 aliphatic rings. The van der Waals surface area contributed by atoms with Crippen LogP contribution in [0.15, 0.2) is 39.4 Å². The number of aliphatic imine (C=N–C) groups is 1. The van der Waals surface area contributed by atoms with E-state index in [0.29, 0.717) is 24.7 Å². The van der Waals surface area contributed by atoms with Gasteiger partial charge in [-0.25, -0.2) is 4.72 Å². The lowest BCUT2D eigenvalue weighted by molar-refractivity contribution is 0.187. The predicted molar refractivity (Wildman–Crippen MR) is 110 cm³/mol. The maximum Gasteiger partial charge on any atom is 0.345 e. The summed E-state index contributed by atoms with van der Waals surface area (Å²) in [7, 11) is -3.96. The molecule has 9 nitrogen and oxygen atoms in total. The van der Waals surface area contributed by atoms with Gasteiger partial charge in [0.05, 0.1) is 17.9 Å². The van der Waals surface area contributed by atoms with Gasteiger partial charge in [-0.15, -0.1) is 4.40 Å². The molecule has 3 N–H and O–H groups in total. The van der Waals surface area contributed by atoms with Crippen molar-refractivity contribution in [2.75, 3.05) is 11.9 Å².